The van der Waals surface area contributed by atoms with Crippen molar-refractivity contribution < 1.29 is 8.42 Å². The minimum atomic E-state index is -3.79. The summed E-state index contributed by atoms with van der Waals surface area (Å²) < 4.78 is 23.7. The van der Waals surface area contributed by atoms with Crippen LogP contribution < -0.4 is 10.5 Å². The van der Waals surface area contributed by atoms with Gasteiger partial charge in [-0.15, -0.1) is 10.2 Å². The molecule has 0 spiro atoms. The van der Waals surface area contributed by atoms with Gasteiger partial charge in [0, 0.05) is 11.6 Å². The third-order valence-corrected chi connectivity index (χ3v) is 5.37. The Balaban J connectivity index is 1.83. The number of hydrogen-bond acceptors (Lipinski definition) is 5. The molecule has 7 heteroatoms. The van der Waals surface area contributed by atoms with Crippen molar-refractivity contribution in [3.05, 3.63) is 71.8 Å². The van der Waals surface area contributed by atoms with Crippen LogP contribution >= 0.6 is 0 Å². The number of benzene rings is 2. The van der Waals surface area contributed by atoms with Crippen LogP contribution in [0.4, 0.5) is 5.82 Å². The maximum atomic E-state index is 11.8. The van der Waals surface area contributed by atoms with Gasteiger partial charge in [0.25, 0.3) is 0 Å². The lowest BCUT2D eigenvalue weighted by Crippen LogP contribution is -2.14. The average Bonchev–Trinajstić information content (AvgIpc) is 2.68. The van der Waals surface area contributed by atoms with E-state index in [1.807, 2.05) is 56.3 Å². The van der Waals surface area contributed by atoms with Crippen LogP contribution in [0.5, 0.6) is 0 Å². The summed E-state index contributed by atoms with van der Waals surface area (Å²) in [5.74, 6) is 0.645. The van der Waals surface area contributed by atoms with E-state index in [1.165, 1.54) is 0 Å². The number of hydrogen-bond donors (Lipinski definition) is 2. The third-order valence-electron chi connectivity index (χ3n) is 4.38. The average molecular weight is 382 g/mol. The molecule has 3 N–H and O–H groups in total. The molecule has 0 aliphatic heterocycles. The molecule has 0 amide bonds. The Hall–Kier alpha value is -2.77. The predicted octanol–water partition coefficient (Wildman–Crippen LogP) is 3.53. The van der Waals surface area contributed by atoms with Gasteiger partial charge in [0.1, 0.15) is 5.82 Å². The number of aryl methyl sites for hydroxylation is 1. The molecule has 3 rings (SSSR count). The molecule has 0 unspecified atom stereocenters. The molecule has 0 saturated carbocycles. The molecule has 0 aliphatic rings. The molecule has 3 aromatic rings. The van der Waals surface area contributed by atoms with Crippen molar-refractivity contribution in [1.82, 2.24) is 10.2 Å². The lowest BCUT2D eigenvalue weighted by Gasteiger charge is -2.14. The van der Waals surface area contributed by atoms with Gasteiger partial charge in [-0.1, -0.05) is 49.4 Å². The number of anilines is 1. The first-order chi connectivity index (χ1) is 12.9. The Labute approximate surface area is 159 Å². The first-order valence-electron chi connectivity index (χ1n) is 8.70. The van der Waals surface area contributed by atoms with Crippen molar-refractivity contribution in [2.75, 3.05) is 5.32 Å². The van der Waals surface area contributed by atoms with Gasteiger partial charge in [-0.2, -0.15) is 0 Å². The van der Waals surface area contributed by atoms with Crippen molar-refractivity contribution in [2.45, 2.75) is 31.2 Å². The highest BCUT2D eigenvalue weighted by Gasteiger charge is 2.15. The van der Waals surface area contributed by atoms with Crippen LogP contribution in [0.2, 0.25) is 0 Å². The van der Waals surface area contributed by atoms with Crippen LogP contribution in [0.15, 0.2) is 65.6 Å². The molecule has 6 nitrogen and oxygen atoms in total. The molecular formula is C20H22N4O2S. The predicted molar refractivity (Wildman–Crippen MR) is 107 cm³/mol. The van der Waals surface area contributed by atoms with E-state index in [1.54, 1.807) is 18.2 Å². The number of rotatable bonds is 6. The molecule has 2 aromatic carbocycles. The monoisotopic (exact) mass is 382 g/mol. The fourth-order valence-corrected chi connectivity index (χ4v) is 3.75. The van der Waals surface area contributed by atoms with Gasteiger partial charge < -0.3 is 5.32 Å². The van der Waals surface area contributed by atoms with Crippen LogP contribution in [0.1, 0.15) is 31.0 Å². The number of aromatic nitrogens is 2. The number of nitrogens with two attached hydrogens (primary N) is 1. The lowest BCUT2D eigenvalue weighted by molar-refractivity contribution is 0.596. The highest BCUT2D eigenvalue weighted by molar-refractivity contribution is 7.89. The van der Waals surface area contributed by atoms with Crippen molar-refractivity contribution in [1.29, 1.82) is 0 Å². The number of sulfonamides is 1. The third kappa shape index (κ3) is 4.50. The zero-order valence-corrected chi connectivity index (χ0v) is 16.1. The van der Waals surface area contributed by atoms with Gasteiger partial charge in [0.05, 0.1) is 10.6 Å². The summed E-state index contributed by atoms with van der Waals surface area (Å²) in [6.45, 7) is 3.94. The summed E-state index contributed by atoms with van der Waals surface area (Å²) in [6.07, 6.45) is 0.581. The number of primary sulfonamides is 1. The van der Waals surface area contributed by atoms with Crippen molar-refractivity contribution >= 4 is 15.8 Å². The molecule has 0 saturated heterocycles. The minimum absolute atomic E-state index is 0.0872. The summed E-state index contributed by atoms with van der Waals surface area (Å²) >= 11 is 0. The van der Waals surface area contributed by atoms with Crippen molar-refractivity contribution in [3.63, 3.8) is 0 Å². The molecule has 1 heterocycles. The largest absolute Gasteiger partial charge is 0.362 e. The van der Waals surface area contributed by atoms with E-state index in [9.17, 15) is 8.42 Å². The second-order valence-electron chi connectivity index (χ2n) is 6.30. The van der Waals surface area contributed by atoms with E-state index >= 15 is 0 Å². The van der Waals surface area contributed by atoms with E-state index in [4.69, 9.17) is 5.14 Å². The first kappa shape index (κ1) is 19.0. The fraction of sp³-hybridized carbons (Fsp3) is 0.200. The van der Waals surface area contributed by atoms with Gasteiger partial charge in [-0.3, -0.25) is 0 Å². The standard InChI is InChI=1S/C20H22N4O2S/c1-3-15-9-10-17(13-19(15)27(21,25)26)18-11-12-20(24-23-18)22-14(2)16-7-5-4-6-8-16/h4-14H,3H2,1-2H3,(H,22,24)(H2,21,25,26)/t14-/m1/s1. The minimum Gasteiger partial charge on any atom is -0.362 e. The van der Waals surface area contributed by atoms with Gasteiger partial charge in [0.15, 0.2) is 0 Å². The van der Waals surface area contributed by atoms with Gasteiger partial charge in [-0.25, -0.2) is 13.6 Å². The maximum absolute atomic E-state index is 11.8. The van der Waals surface area contributed by atoms with E-state index in [2.05, 4.69) is 15.5 Å². The first-order valence-corrected chi connectivity index (χ1v) is 10.2. The van der Waals surface area contributed by atoms with Crippen LogP contribution in [0, 0.1) is 0 Å². The highest BCUT2D eigenvalue weighted by Crippen LogP contribution is 2.25. The Bertz CT molecular complexity index is 1020. The highest BCUT2D eigenvalue weighted by atomic mass is 32.2. The normalized spacial score (nSPS) is 12.6. The summed E-state index contributed by atoms with van der Waals surface area (Å²) in [6, 6.07) is 18.9. The number of nitrogens with zero attached hydrogens (tertiary/aromatic N) is 2. The molecule has 27 heavy (non-hydrogen) atoms. The second kappa shape index (κ2) is 7.85. The van der Waals surface area contributed by atoms with E-state index < -0.39 is 10.0 Å². The molecule has 1 atom stereocenters. The molecule has 0 aliphatic carbocycles. The van der Waals surface area contributed by atoms with Crippen LogP contribution in [-0.4, -0.2) is 18.6 Å². The van der Waals surface area contributed by atoms with Crippen molar-refractivity contribution in [3.8, 4) is 11.3 Å². The Kier molecular flexibility index (Phi) is 5.53. The summed E-state index contributed by atoms with van der Waals surface area (Å²) in [5.41, 5.74) is 3.08. The topological polar surface area (TPSA) is 98.0 Å². The Morgan fingerprint density at radius 3 is 2.37 bits per heavy atom. The van der Waals surface area contributed by atoms with Gasteiger partial charge in [-0.05, 0) is 42.7 Å². The Morgan fingerprint density at radius 2 is 1.78 bits per heavy atom. The van der Waals surface area contributed by atoms with Gasteiger partial charge >= 0.3 is 0 Å². The smallest absolute Gasteiger partial charge is 0.238 e. The molecule has 0 radical (unpaired) electrons. The summed E-state index contributed by atoms with van der Waals surface area (Å²) in [5, 5.41) is 17.1. The molecule has 140 valence electrons. The molecular weight excluding hydrogens is 360 g/mol. The zero-order chi connectivity index (χ0) is 19.4. The SMILES string of the molecule is CCc1ccc(-c2ccc(N[C@H](C)c3ccccc3)nn2)cc1S(N)(=O)=O. The molecule has 0 fully saturated rings. The van der Waals surface area contributed by atoms with Crippen LogP contribution in [0.25, 0.3) is 11.3 Å². The van der Waals surface area contributed by atoms with Gasteiger partial charge in [0.2, 0.25) is 10.0 Å². The van der Waals surface area contributed by atoms with E-state index in [-0.39, 0.29) is 10.9 Å². The van der Waals surface area contributed by atoms with E-state index in [0.29, 0.717) is 29.1 Å². The Morgan fingerprint density at radius 1 is 1.04 bits per heavy atom. The maximum Gasteiger partial charge on any atom is 0.238 e. The second-order valence-corrected chi connectivity index (χ2v) is 7.83. The quantitative estimate of drug-likeness (QED) is 0.680. The van der Waals surface area contributed by atoms with Crippen molar-refractivity contribution in [2.24, 2.45) is 5.14 Å². The summed E-state index contributed by atoms with van der Waals surface area (Å²) in [4.78, 5) is 0.129. The zero-order valence-electron chi connectivity index (χ0n) is 15.3. The molecule has 0 bridgehead atoms. The van der Waals surface area contributed by atoms with Crippen LogP contribution in [0.3, 0.4) is 0 Å². The fourth-order valence-electron chi connectivity index (χ4n) is 2.88. The number of nitrogens with one attached hydrogen (secondary N) is 1. The molecule has 1 aromatic heterocycles. The summed E-state index contributed by atoms with van der Waals surface area (Å²) in [7, 11) is -3.79. The lowest BCUT2D eigenvalue weighted by atomic mass is 10.1. The van der Waals surface area contributed by atoms with E-state index in [0.717, 1.165) is 5.56 Å². The van der Waals surface area contributed by atoms with Crippen LogP contribution in [-0.2, 0) is 16.4 Å².